The van der Waals surface area contributed by atoms with Crippen molar-refractivity contribution < 1.29 is 9.47 Å². The molecule has 0 fully saturated rings. The summed E-state index contributed by atoms with van der Waals surface area (Å²) in [6, 6.07) is 12.9. The van der Waals surface area contributed by atoms with E-state index < -0.39 is 0 Å². The van der Waals surface area contributed by atoms with Crippen LogP contribution in [-0.2, 0) is 0 Å². The van der Waals surface area contributed by atoms with Crippen LogP contribution in [0.15, 0.2) is 36.4 Å². The minimum absolute atomic E-state index is 0.447. The van der Waals surface area contributed by atoms with Crippen LogP contribution < -0.4 is 9.47 Å². The summed E-state index contributed by atoms with van der Waals surface area (Å²) in [5, 5.41) is 10.5. The predicted molar refractivity (Wildman–Crippen MR) is 98.7 cm³/mol. The van der Waals surface area contributed by atoms with Gasteiger partial charge in [0.05, 0.1) is 29.9 Å². The van der Waals surface area contributed by atoms with E-state index in [2.05, 4.69) is 6.07 Å². The number of nitrogens with zero attached hydrogens (tertiary/aromatic N) is 1. The molecule has 3 nitrogen and oxygen atoms in total. The highest BCUT2D eigenvalue weighted by molar-refractivity contribution is 6.32. The molecule has 2 aromatic rings. The van der Waals surface area contributed by atoms with Crippen molar-refractivity contribution >= 4 is 34.9 Å². The van der Waals surface area contributed by atoms with Crippen LogP contribution >= 0.6 is 23.2 Å². The average Bonchev–Trinajstić information content (AvgIpc) is 2.57. The summed E-state index contributed by atoms with van der Waals surface area (Å²) < 4.78 is 11.2. The third kappa shape index (κ3) is 4.44. The maximum atomic E-state index is 9.45. The predicted octanol–water partition coefficient (Wildman–Crippen LogP) is 5.85. The first kappa shape index (κ1) is 18.2. The van der Waals surface area contributed by atoms with Crippen molar-refractivity contribution in [2.24, 2.45) is 0 Å². The number of ether oxygens (including phenoxy) is 2. The molecule has 0 radical (unpaired) electrons. The van der Waals surface area contributed by atoms with Crippen molar-refractivity contribution in [1.29, 1.82) is 5.26 Å². The van der Waals surface area contributed by atoms with Gasteiger partial charge in [-0.25, -0.2) is 0 Å². The Bertz CT molecular complexity index is 777. The maximum absolute atomic E-state index is 9.45. The third-order valence-corrected chi connectivity index (χ3v) is 3.74. The van der Waals surface area contributed by atoms with E-state index in [1.54, 1.807) is 36.4 Å². The molecule has 0 amide bonds. The highest BCUT2D eigenvalue weighted by atomic mass is 35.5. The zero-order valence-corrected chi connectivity index (χ0v) is 15.0. The summed E-state index contributed by atoms with van der Waals surface area (Å²) in [4.78, 5) is 0. The van der Waals surface area contributed by atoms with Gasteiger partial charge in [0.15, 0.2) is 11.5 Å². The number of nitriles is 1. The van der Waals surface area contributed by atoms with E-state index in [9.17, 15) is 5.26 Å². The van der Waals surface area contributed by atoms with Gasteiger partial charge in [-0.3, -0.25) is 0 Å². The zero-order chi connectivity index (χ0) is 17.5. The van der Waals surface area contributed by atoms with Crippen molar-refractivity contribution in [3.63, 3.8) is 0 Å². The summed E-state index contributed by atoms with van der Waals surface area (Å²) in [5.74, 6) is 1.08. The molecular formula is C19H17Cl2NO2. The van der Waals surface area contributed by atoms with Gasteiger partial charge in [0.2, 0.25) is 0 Å². The Morgan fingerprint density at radius 2 is 1.75 bits per heavy atom. The molecule has 0 aliphatic heterocycles. The van der Waals surface area contributed by atoms with E-state index in [-0.39, 0.29) is 0 Å². The number of allylic oxidation sites excluding steroid dienone is 1. The van der Waals surface area contributed by atoms with Crippen LogP contribution in [0.1, 0.15) is 25.0 Å². The van der Waals surface area contributed by atoms with E-state index in [0.29, 0.717) is 40.3 Å². The Labute approximate surface area is 152 Å². The molecule has 24 heavy (non-hydrogen) atoms. The van der Waals surface area contributed by atoms with Gasteiger partial charge in [-0.15, -0.1) is 0 Å². The zero-order valence-electron chi connectivity index (χ0n) is 13.5. The lowest BCUT2D eigenvalue weighted by molar-refractivity contribution is 0.288. The fourth-order valence-corrected chi connectivity index (χ4v) is 2.59. The minimum atomic E-state index is 0.447. The summed E-state index contributed by atoms with van der Waals surface area (Å²) in [5.41, 5.74) is 2.05. The summed E-state index contributed by atoms with van der Waals surface area (Å²) in [6.45, 7) is 4.75. The van der Waals surface area contributed by atoms with Crippen LogP contribution in [0.3, 0.4) is 0 Å². The summed E-state index contributed by atoms with van der Waals surface area (Å²) >= 11 is 12.2. The Kier molecular flexibility index (Phi) is 6.54. The summed E-state index contributed by atoms with van der Waals surface area (Å²) in [6.07, 6.45) is 1.76. The molecule has 0 N–H and O–H groups in total. The molecule has 0 aliphatic rings. The largest absolute Gasteiger partial charge is 0.490 e. The number of rotatable bonds is 6. The van der Waals surface area contributed by atoms with Gasteiger partial charge in [0.1, 0.15) is 0 Å². The SMILES string of the molecule is CCOc1cc(/C=C(/C#N)c2ccc(Cl)cc2)cc(Cl)c1OCC. The maximum Gasteiger partial charge on any atom is 0.179 e. The third-order valence-electron chi connectivity index (χ3n) is 3.21. The average molecular weight is 362 g/mol. The van der Waals surface area contributed by atoms with Gasteiger partial charge in [0.25, 0.3) is 0 Å². The van der Waals surface area contributed by atoms with Crippen molar-refractivity contribution in [2.75, 3.05) is 13.2 Å². The van der Waals surface area contributed by atoms with Gasteiger partial charge in [-0.1, -0.05) is 35.3 Å². The second-order valence-corrected chi connectivity index (χ2v) is 5.72. The second-order valence-electron chi connectivity index (χ2n) is 4.87. The van der Waals surface area contributed by atoms with Gasteiger partial charge < -0.3 is 9.47 Å². The molecule has 2 rings (SSSR count). The van der Waals surface area contributed by atoms with Gasteiger partial charge in [-0.05, 0) is 55.3 Å². The lowest BCUT2D eigenvalue weighted by atomic mass is 10.0. The van der Waals surface area contributed by atoms with Crippen molar-refractivity contribution in [1.82, 2.24) is 0 Å². The molecule has 0 atom stereocenters. The summed E-state index contributed by atoms with van der Waals surface area (Å²) in [7, 11) is 0. The highest BCUT2D eigenvalue weighted by Crippen LogP contribution is 2.37. The van der Waals surface area contributed by atoms with E-state index in [0.717, 1.165) is 11.1 Å². The van der Waals surface area contributed by atoms with Gasteiger partial charge in [0, 0.05) is 5.02 Å². The molecule has 0 spiro atoms. The van der Waals surface area contributed by atoms with E-state index >= 15 is 0 Å². The molecule has 0 aromatic heterocycles. The quantitative estimate of drug-likeness (QED) is 0.478. The van der Waals surface area contributed by atoms with Crippen molar-refractivity contribution in [3.8, 4) is 17.6 Å². The standard InChI is InChI=1S/C19H17Cl2NO2/c1-3-23-18-11-13(10-17(21)19(18)24-4-2)9-15(12-22)14-5-7-16(20)8-6-14/h5-11H,3-4H2,1-2H3/b15-9-. The van der Waals surface area contributed by atoms with Crippen LogP contribution in [0.5, 0.6) is 11.5 Å². The molecule has 0 bridgehead atoms. The second kappa shape index (κ2) is 8.63. The first-order chi connectivity index (χ1) is 11.6. The lowest BCUT2D eigenvalue weighted by Gasteiger charge is -2.13. The molecule has 0 saturated carbocycles. The van der Waals surface area contributed by atoms with Crippen LogP contribution in [0, 0.1) is 11.3 Å². The molecule has 0 heterocycles. The van der Waals surface area contributed by atoms with Crippen molar-refractivity contribution in [3.05, 3.63) is 57.6 Å². The monoisotopic (exact) mass is 361 g/mol. The molecule has 124 valence electrons. The Hall–Kier alpha value is -2.15. The number of hydrogen-bond donors (Lipinski definition) is 0. The van der Waals surface area contributed by atoms with Crippen LogP contribution in [0.2, 0.25) is 10.0 Å². The molecule has 0 saturated heterocycles. The molecule has 0 unspecified atom stereocenters. The Balaban J connectivity index is 2.46. The fourth-order valence-electron chi connectivity index (χ4n) is 2.19. The number of hydrogen-bond acceptors (Lipinski definition) is 3. The van der Waals surface area contributed by atoms with Crippen LogP contribution in [0.25, 0.3) is 11.6 Å². The number of benzene rings is 2. The molecule has 2 aromatic carbocycles. The van der Waals surface area contributed by atoms with E-state index in [1.807, 2.05) is 19.9 Å². The van der Waals surface area contributed by atoms with Crippen molar-refractivity contribution in [2.45, 2.75) is 13.8 Å². The normalized spacial score (nSPS) is 11.0. The molecular weight excluding hydrogens is 345 g/mol. The van der Waals surface area contributed by atoms with E-state index in [1.165, 1.54) is 0 Å². The van der Waals surface area contributed by atoms with E-state index in [4.69, 9.17) is 32.7 Å². The lowest BCUT2D eigenvalue weighted by Crippen LogP contribution is -1.99. The van der Waals surface area contributed by atoms with Crippen LogP contribution in [-0.4, -0.2) is 13.2 Å². The first-order valence-electron chi connectivity index (χ1n) is 7.55. The smallest absolute Gasteiger partial charge is 0.179 e. The molecule has 0 aliphatic carbocycles. The molecule has 5 heteroatoms. The minimum Gasteiger partial charge on any atom is -0.490 e. The Morgan fingerprint density at radius 3 is 2.33 bits per heavy atom. The number of halogens is 2. The van der Waals surface area contributed by atoms with Gasteiger partial charge >= 0.3 is 0 Å². The first-order valence-corrected chi connectivity index (χ1v) is 8.31. The highest BCUT2D eigenvalue weighted by Gasteiger charge is 2.12. The Morgan fingerprint density at radius 1 is 1.08 bits per heavy atom. The van der Waals surface area contributed by atoms with Crippen LogP contribution in [0.4, 0.5) is 0 Å². The fraction of sp³-hybridized carbons (Fsp3) is 0.211. The topological polar surface area (TPSA) is 42.2 Å². The van der Waals surface area contributed by atoms with Gasteiger partial charge in [-0.2, -0.15) is 5.26 Å².